The van der Waals surface area contributed by atoms with Gasteiger partial charge in [-0.05, 0) is 73.6 Å². The Morgan fingerprint density at radius 1 is 1.13 bits per heavy atom. The molecule has 4 atom stereocenters. The van der Waals surface area contributed by atoms with Crippen LogP contribution in [0.3, 0.4) is 0 Å². The lowest BCUT2D eigenvalue weighted by Gasteiger charge is -2.66. The summed E-state index contributed by atoms with van der Waals surface area (Å²) in [6, 6.07) is 5.67. The second-order valence-electron chi connectivity index (χ2n) is 9.25. The zero-order valence-electron chi connectivity index (χ0n) is 15.0. The van der Waals surface area contributed by atoms with Gasteiger partial charge in [-0.3, -0.25) is 0 Å². The Morgan fingerprint density at radius 3 is 2.70 bits per heavy atom. The Morgan fingerprint density at radius 2 is 1.91 bits per heavy atom. The van der Waals surface area contributed by atoms with Crippen LogP contribution < -0.4 is 4.74 Å². The number of ether oxygens (including phenoxy) is 1. The van der Waals surface area contributed by atoms with Gasteiger partial charge in [0.15, 0.2) is 0 Å². The quantitative estimate of drug-likeness (QED) is 0.701. The van der Waals surface area contributed by atoms with Crippen molar-refractivity contribution in [1.29, 1.82) is 0 Å². The highest BCUT2D eigenvalue weighted by Crippen LogP contribution is 2.65. The molecule has 0 aromatic heterocycles. The number of benzene rings is 1. The van der Waals surface area contributed by atoms with Crippen LogP contribution in [-0.4, -0.2) is 10.7 Å². The van der Waals surface area contributed by atoms with Crippen LogP contribution in [0.15, 0.2) is 18.2 Å². The van der Waals surface area contributed by atoms with Crippen LogP contribution in [0.2, 0.25) is 0 Å². The average molecular weight is 314 g/mol. The van der Waals surface area contributed by atoms with Gasteiger partial charge in [-0.15, -0.1) is 0 Å². The first kappa shape index (κ1) is 15.4. The Hall–Kier alpha value is -1.18. The number of phenolic OH excluding ortho intramolecular Hbond substituents is 1. The van der Waals surface area contributed by atoms with Crippen LogP contribution in [0.25, 0.3) is 0 Å². The number of aromatic hydroxyl groups is 1. The predicted octanol–water partition coefficient (Wildman–Crippen LogP) is 5.33. The summed E-state index contributed by atoms with van der Waals surface area (Å²) >= 11 is 0. The van der Waals surface area contributed by atoms with Crippen molar-refractivity contribution in [3.8, 4) is 11.5 Å². The molecule has 1 aliphatic heterocycles. The highest BCUT2D eigenvalue weighted by Gasteiger charge is 2.65. The van der Waals surface area contributed by atoms with Crippen LogP contribution in [-0.2, 0) is 6.42 Å². The molecule has 2 heteroatoms. The molecule has 0 saturated heterocycles. The first-order chi connectivity index (χ1) is 10.8. The first-order valence-corrected chi connectivity index (χ1v) is 9.29. The van der Waals surface area contributed by atoms with Crippen molar-refractivity contribution in [3.63, 3.8) is 0 Å². The number of fused-ring (bicyclic) bond motifs is 1. The molecule has 2 fully saturated rings. The van der Waals surface area contributed by atoms with E-state index in [0.717, 1.165) is 12.2 Å². The molecular weight excluding hydrogens is 284 g/mol. The minimum atomic E-state index is -0.0314. The summed E-state index contributed by atoms with van der Waals surface area (Å²) in [5, 5.41) is 9.89. The average Bonchev–Trinajstić information content (AvgIpc) is 2.46. The molecule has 3 aliphatic rings. The smallest absolute Gasteiger partial charge is 0.123 e. The molecular formula is C21H30O2. The van der Waals surface area contributed by atoms with Crippen molar-refractivity contribution in [1.82, 2.24) is 0 Å². The maximum atomic E-state index is 9.89. The van der Waals surface area contributed by atoms with Gasteiger partial charge in [0.1, 0.15) is 17.1 Å². The normalized spacial score (nSPS) is 41.2. The van der Waals surface area contributed by atoms with Crippen molar-refractivity contribution >= 4 is 0 Å². The SMILES string of the molecule is C[C@@H]1CC[C@@H]2C(C)(C)CCC[C@@]23Oc2ccc(O)cc2C[C@@]13C. The Labute approximate surface area is 140 Å². The van der Waals surface area contributed by atoms with Gasteiger partial charge >= 0.3 is 0 Å². The molecule has 2 aliphatic carbocycles. The van der Waals surface area contributed by atoms with Gasteiger partial charge < -0.3 is 9.84 Å². The van der Waals surface area contributed by atoms with Crippen LogP contribution in [0.4, 0.5) is 0 Å². The van der Waals surface area contributed by atoms with Gasteiger partial charge in [0.2, 0.25) is 0 Å². The zero-order valence-corrected chi connectivity index (χ0v) is 15.0. The van der Waals surface area contributed by atoms with Gasteiger partial charge in [-0.25, -0.2) is 0 Å². The fourth-order valence-corrected chi connectivity index (χ4v) is 6.20. The van der Waals surface area contributed by atoms with E-state index in [4.69, 9.17) is 4.74 Å². The molecule has 1 heterocycles. The minimum absolute atomic E-state index is 0.0314. The van der Waals surface area contributed by atoms with Gasteiger partial charge in [-0.2, -0.15) is 0 Å². The second-order valence-corrected chi connectivity index (χ2v) is 9.25. The van der Waals surface area contributed by atoms with Gasteiger partial charge in [0.25, 0.3) is 0 Å². The Kier molecular flexibility index (Phi) is 3.12. The fourth-order valence-electron chi connectivity index (χ4n) is 6.20. The van der Waals surface area contributed by atoms with E-state index in [1.54, 1.807) is 6.07 Å². The van der Waals surface area contributed by atoms with Crippen LogP contribution >= 0.6 is 0 Å². The highest BCUT2D eigenvalue weighted by atomic mass is 16.5. The van der Waals surface area contributed by atoms with E-state index in [0.29, 0.717) is 23.0 Å². The molecule has 0 unspecified atom stereocenters. The van der Waals surface area contributed by atoms with Crippen molar-refractivity contribution in [2.24, 2.45) is 22.7 Å². The summed E-state index contributed by atoms with van der Waals surface area (Å²) in [4.78, 5) is 0. The third kappa shape index (κ3) is 1.93. The van der Waals surface area contributed by atoms with Crippen molar-refractivity contribution in [2.75, 3.05) is 0 Å². The summed E-state index contributed by atoms with van der Waals surface area (Å²) in [5.41, 5.74) is 1.67. The maximum Gasteiger partial charge on any atom is 0.123 e. The molecule has 23 heavy (non-hydrogen) atoms. The predicted molar refractivity (Wildman–Crippen MR) is 92.8 cm³/mol. The summed E-state index contributed by atoms with van der Waals surface area (Å²) in [6.07, 6.45) is 7.38. The lowest BCUT2D eigenvalue weighted by Crippen LogP contribution is -2.68. The standard InChI is InChI=1S/C21H30O2/c1-14-6-9-18-19(2,3)10-5-11-21(18)20(14,4)13-15-12-16(22)7-8-17(15)23-21/h7-8,12,14,18,22H,5-6,9-11,13H2,1-4H3/t14-,18-,20+,21-/m1/s1. The van der Waals surface area contributed by atoms with Crippen LogP contribution in [0, 0.1) is 22.7 Å². The molecule has 0 amide bonds. The molecule has 0 bridgehead atoms. The van der Waals surface area contributed by atoms with Crippen molar-refractivity contribution in [3.05, 3.63) is 23.8 Å². The Bertz CT molecular complexity index is 635. The van der Waals surface area contributed by atoms with E-state index in [-0.39, 0.29) is 11.0 Å². The molecule has 2 nitrogen and oxygen atoms in total. The van der Waals surface area contributed by atoms with E-state index in [1.807, 2.05) is 12.1 Å². The molecule has 1 aromatic carbocycles. The lowest BCUT2D eigenvalue weighted by molar-refractivity contribution is -0.210. The summed E-state index contributed by atoms with van der Waals surface area (Å²) in [6.45, 7) is 9.77. The number of hydrogen-bond acceptors (Lipinski definition) is 2. The van der Waals surface area contributed by atoms with E-state index in [1.165, 1.54) is 37.7 Å². The first-order valence-electron chi connectivity index (χ1n) is 9.29. The zero-order chi connectivity index (χ0) is 16.5. The van der Waals surface area contributed by atoms with E-state index in [2.05, 4.69) is 27.7 Å². The topological polar surface area (TPSA) is 29.5 Å². The molecule has 1 aromatic rings. The summed E-state index contributed by atoms with van der Waals surface area (Å²) < 4.78 is 6.88. The van der Waals surface area contributed by atoms with Crippen molar-refractivity contribution in [2.45, 2.75) is 71.8 Å². The molecule has 0 radical (unpaired) electrons. The molecule has 2 saturated carbocycles. The third-order valence-electron chi connectivity index (χ3n) is 7.71. The van der Waals surface area contributed by atoms with Gasteiger partial charge in [0.05, 0.1) is 0 Å². The molecule has 4 rings (SSSR count). The van der Waals surface area contributed by atoms with Crippen LogP contribution in [0.5, 0.6) is 11.5 Å². The molecule has 126 valence electrons. The fraction of sp³-hybridized carbons (Fsp3) is 0.714. The van der Waals surface area contributed by atoms with Gasteiger partial charge in [-0.1, -0.05) is 27.7 Å². The summed E-state index contributed by atoms with van der Waals surface area (Å²) in [7, 11) is 0. The lowest BCUT2D eigenvalue weighted by atomic mass is 9.44. The number of hydrogen-bond donors (Lipinski definition) is 1. The maximum absolute atomic E-state index is 9.89. The highest BCUT2D eigenvalue weighted by molar-refractivity contribution is 5.44. The van der Waals surface area contributed by atoms with Gasteiger partial charge in [0, 0.05) is 11.3 Å². The van der Waals surface area contributed by atoms with E-state index < -0.39 is 0 Å². The molecule has 1 N–H and O–H groups in total. The molecule has 1 spiro atoms. The monoisotopic (exact) mass is 314 g/mol. The Balaban J connectivity index is 1.88. The third-order valence-corrected chi connectivity index (χ3v) is 7.71. The summed E-state index contributed by atoms with van der Waals surface area (Å²) in [5.74, 6) is 2.66. The number of rotatable bonds is 0. The minimum Gasteiger partial charge on any atom is -0.508 e. The number of phenols is 1. The van der Waals surface area contributed by atoms with E-state index in [9.17, 15) is 5.11 Å². The van der Waals surface area contributed by atoms with Crippen LogP contribution in [0.1, 0.15) is 65.4 Å². The largest absolute Gasteiger partial charge is 0.508 e. The van der Waals surface area contributed by atoms with E-state index >= 15 is 0 Å². The van der Waals surface area contributed by atoms with Crippen molar-refractivity contribution < 1.29 is 9.84 Å². The second kappa shape index (κ2) is 4.68.